The summed E-state index contributed by atoms with van der Waals surface area (Å²) in [6.07, 6.45) is 0. The van der Waals surface area contributed by atoms with Crippen molar-refractivity contribution in [2.24, 2.45) is 4.99 Å². The summed E-state index contributed by atoms with van der Waals surface area (Å²) in [5.41, 5.74) is 2.96. The van der Waals surface area contributed by atoms with E-state index >= 15 is 0 Å². The number of anilines is 2. The van der Waals surface area contributed by atoms with Crippen LogP contribution >= 0.6 is 11.6 Å². The smallest absolute Gasteiger partial charge is 0.208 e. The van der Waals surface area contributed by atoms with E-state index in [0.29, 0.717) is 5.02 Å². The van der Waals surface area contributed by atoms with Crippen LogP contribution in [-0.2, 0) is 0 Å². The van der Waals surface area contributed by atoms with Gasteiger partial charge in [-0.15, -0.1) is 0 Å². The molecule has 3 aromatic carbocycles. The molecule has 0 atom stereocenters. The molecule has 0 amide bonds. The van der Waals surface area contributed by atoms with E-state index in [0.717, 1.165) is 23.0 Å². The summed E-state index contributed by atoms with van der Waals surface area (Å²) in [7, 11) is 2.01. The van der Waals surface area contributed by atoms with Crippen LogP contribution in [-0.4, -0.2) is 13.0 Å². The summed E-state index contributed by atoms with van der Waals surface area (Å²) in [4.78, 5) is 6.74. The van der Waals surface area contributed by atoms with Crippen LogP contribution in [0.1, 0.15) is 0 Å². The first-order valence-corrected chi connectivity index (χ1v) is 7.47. The Kier molecular flexibility index (Phi) is 3.01. The normalized spacial score (nSPS) is 15.2. The summed E-state index contributed by atoms with van der Waals surface area (Å²) in [5, 5.41) is 6.47. The van der Waals surface area contributed by atoms with Gasteiger partial charge >= 0.3 is 0 Å². The summed E-state index contributed by atoms with van der Waals surface area (Å²) >= 11 is 6.22. The van der Waals surface area contributed by atoms with E-state index in [4.69, 9.17) is 11.6 Å². The predicted octanol–water partition coefficient (Wildman–Crippen LogP) is 5.04. The van der Waals surface area contributed by atoms with Crippen molar-refractivity contribution < 1.29 is 0 Å². The quantitative estimate of drug-likeness (QED) is 0.682. The highest BCUT2D eigenvalue weighted by molar-refractivity contribution is 6.33. The Labute approximate surface area is 133 Å². The molecule has 0 spiro atoms. The van der Waals surface area contributed by atoms with E-state index < -0.39 is 0 Å². The van der Waals surface area contributed by atoms with Gasteiger partial charge in [0.25, 0.3) is 0 Å². The number of aliphatic imine (C=N–C) groups is 1. The zero-order chi connectivity index (χ0) is 15.1. The molecule has 22 heavy (non-hydrogen) atoms. The number of halogens is 1. The number of rotatable bonds is 1. The first-order chi connectivity index (χ1) is 10.7. The predicted molar refractivity (Wildman–Crippen MR) is 94.5 cm³/mol. The minimum Gasteiger partial charge on any atom is -0.325 e. The van der Waals surface area contributed by atoms with Gasteiger partial charge in [-0.3, -0.25) is 0 Å². The third-order valence-electron chi connectivity index (χ3n) is 3.89. The van der Waals surface area contributed by atoms with Crippen molar-refractivity contribution in [1.82, 2.24) is 0 Å². The highest BCUT2D eigenvalue weighted by Gasteiger charge is 2.20. The fourth-order valence-electron chi connectivity index (χ4n) is 2.78. The molecule has 1 heterocycles. The SMILES string of the molecule is CN1C(=Nc2ccccc2Cl)Nc2cccc3cccc1c23. The maximum atomic E-state index is 6.22. The molecule has 108 valence electrons. The lowest BCUT2D eigenvalue weighted by atomic mass is 10.0. The summed E-state index contributed by atoms with van der Waals surface area (Å²) in [5.74, 6) is 0.763. The van der Waals surface area contributed by atoms with Crippen LogP contribution in [0.5, 0.6) is 0 Å². The standard InChI is InChI=1S/C18H14ClN3/c1-22-16-11-5-7-12-6-4-10-15(17(12)16)21-18(22)20-14-9-3-2-8-13(14)19/h2-11H,1H3,(H,20,21). The van der Waals surface area contributed by atoms with Crippen molar-refractivity contribution in [2.75, 3.05) is 17.3 Å². The molecule has 1 aliphatic heterocycles. The third kappa shape index (κ3) is 2.02. The largest absolute Gasteiger partial charge is 0.325 e. The number of hydrogen-bond donors (Lipinski definition) is 1. The first-order valence-electron chi connectivity index (χ1n) is 7.10. The summed E-state index contributed by atoms with van der Waals surface area (Å²) in [6.45, 7) is 0. The van der Waals surface area contributed by atoms with Gasteiger partial charge in [-0.1, -0.05) is 48.0 Å². The second-order valence-corrected chi connectivity index (χ2v) is 5.66. The van der Waals surface area contributed by atoms with E-state index in [9.17, 15) is 0 Å². The molecule has 3 nitrogen and oxygen atoms in total. The third-order valence-corrected chi connectivity index (χ3v) is 4.21. The van der Waals surface area contributed by atoms with Crippen LogP contribution in [0.2, 0.25) is 5.02 Å². The molecule has 0 radical (unpaired) electrons. The van der Waals surface area contributed by atoms with Crippen molar-refractivity contribution in [3.8, 4) is 0 Å². The van der Waals surface area contributed by atoms with Gasteiger partial charge in [0.15, 0.2) is 0 Å². The van der Waals surface area contributed by atoms with Crippen molar-refractivity contribution in [3.63, 3.8) is 0 Å². The molecule has 4 rings (SSSR count). The van der Waals surface area contributed by atoms with E-state index in [1.54, 1.807) is 0 Å². The number of nitrogens with one attached hydrogen (secondary N) is 1. The zero-order valence-corrected chi connectivity index (χ0v) is 12.8. The van der Waals surface area contributed by atoms with Crippen LogP contribution in [0.3, 0.4) is 0 Å². The summed E-state index contributed by atoms with van der Waals surface area (Å²) in [6, 6.07) is 20.1. The number of benzene rings is 3. The topological polar surface area (TPSA) is 27.6 Å². The van der Waals surface area contributed by atoms with Gasteiger partial charge in [-0.05, 0) is 29.7 Å². The van der Waals surface area contributed by atoms with Crippen LogP contribution < -0.4 is 10.2 Å². The van der Waals surface area contributed by atoms with Crippen LogP contribution in [0, 0.1) is 0 Å². The van der Waals surface area contributed by atoms with Crippen molar-refractivity contribution in [1.29, 1.82) is 0 Å². The van der Waals surface area contributed by atoms with E-state index in [1.807, 2.05) is 37.4 Å². The molecule has 0 bridgehead atoms. The van der Waals surface area contributed by atoms with Crippen molar-refractivity contribution in [2.45, 2.75) is 0 Å². The Morgan fingerprint density at radius 1 is 0.955 bits per heavy atom. The van der Waals surface area contributed by atoms with E-state index in [1.165, 1.54) is 10.8 Å². The highest BCUT2D eigenvalue weighted by Crippen LogP contribution is 2.37. The molecule has 1 N–H and O–H groups in total. The van der Waals surface area contributed by atoms with E-state index in [2.05, 4.69) is 45.5 Å². The Morgan fingerprint density at radius 2 is 1.73 bits per heavy atom. The van der Waals surface area contributed by atoms with Gasteiger partial charge in [-0.25, -0.2) is 4.99 Å². The molecule has 3 aromatic rings. The second-order valence-electron chi connectivity index (χ2n) is 5.25. The Morgan fingerprint density at radius 3 is 2.55 bits per heavy atom. The van der Waals surface area contributed by atoms with Crippen molar-refractivity contribution in [3.05, 3.63) is 65.7 Å². The first kappa shape index (κ1) is 13.2. The van der Waals surface area contributed by atoms with Crippen molar-refractivity contribution >= 4 is 45.4 Å². The maximum absolute atomic E-state index is 6.22. The van der Waals surface area contributed by atoms with E-state index in [-0.39, 0.29) is 0 Å². The van der Waals surface area contributed by atoms with Gasteiger partial charge in [0.05, 0.1) is 22.1 Å². The molecule has 4 heteroatoms. The monoisotopic (exact) mass is 307 g/mol. The molecule has 0 aromatic heterocycles. The Balaban J connectivity index is 1.88. The lowest BCUT2D eigenvalue weighted by Gasteiger charge is -2.30. The maximum Gasteiger partial charge on any atom is 0.208 e. The zero-order valence-electron chi connectivity index (χ0n) is 12.0. The number of nitrogens with zero attached hydrogens (tertiary/aromatic N) is 2. The minimum absolute atomic E-state index is 0.641. The van der Waals surface area contributed by atoms with Crippen LogP contribution in [0.15, 0.2) is 65.7 Å². The highest BCUT2D eigenvalue weighted by atomic mass is 35.5. The van der Waals surface area contributed by atoms with Gasteiger partial charge in [0.1, 0.15) is 0 Å². The van der Waals surface area contributed by atoms with Crippen LogP contribution in [0.25, 0.3) is 10.8 Å². The lowest BCUT2D eigenvalue weighted by molar-refractivity contribution is 1.23. The Hall–Kier alpha value is -2.52. The van der Waals surface area contributed by atoms with Gasteiger partial charge in [0.2, 0.25) is 5.96 Å². The van der Waals surface area contributed by atoms with Gasteiger partial charge in [-0.2, -0.15) is 0 Å². The second kappa shape index (κ2) is 5.04. The molecular weight excluding hydrogens is 294 g/mol. The lowest BCUT2D eigenvalue weighted by Crippen LogP contribution is -2.35. The average Bonchev–Trinajstić information content (AvgIpc) is 2.54. The van der Waals surface area contributed by atoms with Crippen LogP contribution in [0.4, 0.5) is 17.1 Å². The number of guanidine groups is 1. The van der Waals surface area contributed by atoms with Gasteiger partial charge in [0, 0.05) is 12.4 Å². The Bertz CT molecular complexity index is 896. The molecule has 0 saturated heterocycles. The molecule has 1 aliphatic rings. The van der Waals surface area contributed by atoms with Gasteiger partial charge < -0.3 is 10.2 Å². The molecule has 0 aliphatic carbocycles. The molecular formula is C18H14ClN3. The average molecular weight is 308 g/mol. The number of hydrogen-bond acceptors (Lipinski definition) is 1. The fraction of sp³-hybridized carbons (Fsp3) is 0.0556. The molecule has 0 saturated carbocycles. The fourth-order valence-corrected chi connectivity index (χ4v) is 2.96. The minimum atomic E-state index is 0.641. The molecule has 0 fully saturated rings. The number of para-hydroxylation sites is 1. The summed E-state index contributed by atoms with van der Waals surface area (Å²) < 4.78 is 0. The molecule has 0 unspecified atom stereocenters.